The topological polar surface area (TPSA) is 15.3 Å². The zero-order valence-electron chi connectivity index (χ0n) is 11.4. The fourth-order valence-electron chi connectivity index (χ4n) is 2.50. The Morgan fingerprint density at radius 3 is 3.06 bits per heavy atom. The fraction of sp³-hybridized carbons (Fsp3) is 0.500. The SMILES string of the molecule is C#CCC(CC)NCc1ccc2c(c1)CCN2C. The molecule has 1 N–H and O–H groups in total. The van der Waals surface area contributed by atoms with Crippen molar-refractivity contribution in [3.63, 3.8) is 0 Å². The van der Waals surface area contributed by atoms with E-state index in [9.17, 15) is 0 Å². The molecule has 0 saturated carbocycles. The Labute approximate surface area is 110 Å². The number of nitrogens with zero attached hydrogens (tertiary/aromatic N) is 1. The lowest BCUT2D eigenvalue weighted by Crippen LogP contribution is -2.27. The number of rotatable bonds is 5. The van der Waals surface area contributed by atoms with Crippen LogP contribution in [0.5, 0.6) is 0 Å². The molecule has 1 heterocycles. The third kappa shape index (κ3) is 2.86. The van der Waals surface area contributed by atoms with E-state index in [0.717, 1.165) is 25.9 Å². The van der Waals surface area contributed by atoms with E-state index in [2.05, 4.69) is 48.3 Å². The second kappa shape index (κ2) is 5.93. The van der Waals surface area contributed by atoms with E-state index in [-0.39, 0.29) is 0 Å². The normalized spacial score (nSPS) is 15.3. The average Bonchev–Trinajstić information content (AvgIpc) is 2.76. The second-order valence-corrected chi connectivity index (χ2v) is 5.03. The molecule has 1 atom stereocenters. The van der Waals surface area contributed by atoms with Gasteiger partial charge in [0.1, 0.15) is 0 Å². The van der Waals surface area contributed by atoms with Crippen molar-refractivity contribution >= 4 is 5.69 Å². The molecule has 0 aromatic heterocycles. The molecule has 1 unspecified atom stereocenters. The first-order chi connectivity index (χ1) is 8.74. The minimum absolute atomic E-state index is 0.436. The van der Waals surface area contributed by atoms with Crippen LogP contribution < -0.4 is 10.2 Å². The quantitative estimate of drug-likeness (QED) is 0.798. The van der Waals surface area contributed by atoms with Gasteiger partial charge in [0.2, 0.25) is 0 Å². The lowest BCUT2D eigenvalue weighted by Gasteiger charge is -2.15. The van der Waals surface area contributed by atoms with Crippen LogP contribution in [0.15, 0.2) is 18.2 Å². The Kier molecular flexibility index (Phi) is 4.28. The molecule has 2 heteroatoms. The molecule has 0 radical (unpaired) electrons. The van der Waals surface area contributed by atoms with Crippen molar-refractivity contribution in [3.8, 4) is 12.3 Å². The van der Waals surface area contributed by atoms with Crippen molar-refractivity contribution in [2.24, 2.45) is 0 Å². The van der Waals surface area contributed by atoms with E-state index < -0.39 is 0 Å². The minimum Gasteiger partial charge on any atom is -0.374 e. The number of fused-ring (bicyclic) bond motifs is 1. The molecule has 1 aromatic carbocycles. The lowest BCUT2D eigenvalue weighted by molar-refractivity contribution is 0.506. The van der Waals surface area contributed by atoms with Crippen molar-refractivity contribution in [2.75, 3.05) is 18.5 Å². The number of nitrogens with one attached hydrogen (secondary N) is 1. The van der Waals surface area contributed by atoms with Crippen LogP contribution in [0, 0.1) is 12.3 Å². The Morgan fingerprint density at radius 1 is 1.50 bits per heavy atom. The third-order valence-electron chi connectivity index (χ3n) is 3.72. The largest absolute Gasteiger partial charge is 0.374 e. The summed E-state index contributed by atoms with van der Waals surface area (Å²) in [6.07, 6.45) is 8.43. The van der Waals surface area contributed by atoms with Gasteiger partial charge < -0.3 is 10.2 Å². The zero-order valence-corrected chi connectivity index (χ0v) is 11.4. The van der Waals surface area contributed by atoms with Gasteiger partial charge in [0.25, 0.3) is 0 Å². The van der Waals surface area contributed by atoms with E-state index in [1.165, 1.54) is 23.2 Å². The first-order valence-electron chi connectivity index (χ1n) is 6.74. The predicted molar refractivity (Wildman–Crippen MR) is 77.8 cm³/mol. The van der Waals surface area contributed by atoms with Gasteiger partial charge in [-0.15, -0.1) is 12.3 Å². The molecule has 2 nitrogen and oxygen atoms in total. The van der Waals surface area contributed by atoms with E-state index >= 15 is 0 Å². The van der Waals surface area contributed by atoms with E-state index in [0.29, 0.717) is 6.04 Å². The van der Waals surface area contributed by atoms with Crippen LogP contribution in [0.4, 0.5) is 5.69 Å². The predicted octanol–water partition coefficient (Wildman–Crippen LogP) is 2.57. The number of benzene rings is 1. The molecular weight excluding hydrogens is 220 g/mol. The summed E-state index contributed by atoms with van der Waals surface area (Å²) in [5.74, 6) is 2.73. The van der Waals surface area contributed by atoms with Crippen LogP contribution in [0.3, 0.4) is 0 Å². The molecule has 2 rings (SSSR count). The summed E-state index contributed by atoms with van der Waals surface area (Å²) in [7, 11) is 2.16. The Morgan fingerprint density at radius 2 is 2.33 bits per heavy atom. The van der Waals surface area contributed by atoms with Crippen molar-refractivity contribution in [2.45, 2.75) is 38.8 Å². The molecule has 0 aliphatic carbocycles. The summed E-state index contributed by atoms with van der Waals surface area (Å²) < 4.78 is 0. The molecule has 1 aliphatic rings. The highest BCUT2D eigenvalue weighted by Gasteiger charge is 2.15. The molecule has 0 fully saturated rings. The van der Waals surface area contributed by atoms with Gasteiger partial charge in [-0.2, -0.15) is 0 Å². The minimum atomic E-state index is 0.436. The summed E-state index contributed by atoms with van der Waals surface area (Å²) in [5.41, 5.74) is 4.22. The van der Waals surface area contributed by atoms with Gasteiger partial charge >= 0.3 is 0 Å². The van der Waals surface area contributed by atoms with Crippen molar-refractivity contribution < 1.29 is 0 Å². The molecule has 96 valence electrons. The smallest absolute Gasteiger partial charge is 0.0397 e. The molecule has 0 saturated heterocycles. The average molecular weight is 242 g/mol. The molecule has 0 amide bonds. The lowest BCUT2D eigenvalue weighted by atomic mass is 10.1. The van der Waals surface area contributed by atoms with Gasteiger partial charge in [0.15, 0.2) is 0 Å². The molecular formula is C16H22N2. The Bertz CT molecular complexity index is 445. The van der Waals surface area contributed by atoms with Crippen molar-refractivity contribution in [3.05, 3.63) is 29.3 Å². The van der Waals surface area contributed by atoms with Gasteiger partial charge in [-0.3, -0.25) is 0 Å². The summed E-state index contributed by atoms with van der Waals surface area (Å²) in [6, 6.07) is 7.22. The van der Waals surface area contributed by atoms with Crippen LogP contribution >= 0.6 is 0 Å². The maximum absolute atomic E-state index is 5.37. The summed E-state index contributed by atoms with van der Waals surface area (Å²) >= 11 is 0. The van der Waals surface area contributed by atoms with Crippen LogP contribution in [-0.4, -0.2) is 19.6 Å². The third-order valence-corrected chi connectivity index (χ3v) is 3.72. The highest BCUT2D eigenvalue weighted by molar-refractivity contribution is 5.58. The number of hydrogen-bond donors (Lipinski definition) is 1. The second-order valence-electron chi connectivity index (χ2n) is 5.03. The summed E-state index contributed by atoms with van der Waals surface area (Å²) in [6.45, 7) is 4.23. The highest BCUT2D eigenvalue weighted by atomic mass is 15.1. The maximum Gasteiger partial charge on any atom is 0.0397 e. The van der Waals surface area contributed by atoms with E-state index in [1.807, 2.05) is 0 Å². The summed E-state index contributed by atoms with van der Waals surface area (Å²) in [4.78, 5) is 2.32. The first kappa shape index (κ1) is 13.0. The monoisotopic (exact) mass is 242 g/mol. The van der Waals surface area contributed by atoms with E-state index in [1.54, 1.807) is 0 Å². The van der Waals surface area contributed by atoms with Gasteiger partial charge in [-0.25, -0.2) is 0 Å². The van der Waals surface area contributed by atoms with Crippen LogP contribution in [0.2, 0.25) is 0 Å². The molecule has 0 bridgehead atoms. The number of terminal acetylenes is 1. The van der Waals surface area contributed by atoms with Gasteiger partial charge in [-0.05, 0) is 30.0 Å². The van der Waals surface area contributed by atoms with Gasteiger partial charge in [0, 0.05) is 38.3 Å². The molecule has 1 aliphatic heterocycles. The van der Waals surface area contributed by atoms with Gasteiger partial charge in [0.05, 0.1) is 0 Å². The fourth-order valence-corrected chi connectivity index (χ4v) is 2.50. The van der Waals surface area contributed by atoms with Crippen LogP contribution in [0.25, 0.3) is 0 Å². The van der Waals surface area contributed by atoms with Gasteiger partial charge in [-0.1, -0.05) is 19.1 Å². The number of likely N-dealkylation sites (N-methyl/N-ethyl adjacent to an activating group) is 1. The van der Waals surface area contributed by atoms with E-state index in [4.69, 9.17) is 6.42 Å². The number of hydrogen-bond acceptors (Lipinski definition) is 2. The maximum atomic E-state index is 5.37. The standard InChI is InChI=1S/C16H22N2/c1-4-6-15(5-2)17-12-13-7-8-16-14(11-13)9-10-18(16)3/h1,7-8,11,15,17H,5-6,9-10,12H2,2-3H3. The Hall–Kier alpha value is -1.46. The zero-order chi connectivity index (χ0) is 13.0. The van der Waals surface area contributed by atoms with Crippen LogP contribution in [-0.2, 0) is 13.0 Å². The summed E-state index contributed by atoms with van der Waals surface area (Å²) in [5, 5.41) is 3.53. The Balaban J connectivity index is 1.97. The highest BCUT2D eigenvalue weighted by Crippen LogP contribution is 2.27. The molecule has 18 heavy (non-hydrogen) atoms. The first-order valence-corrected chi connectivity index (χ1v) is 6.74. The van der Waals surface area contributed by atoms with Crippen molar-refractivity contribution in [1.29, 1.82) is 0 Å². The molecule has 0 spiro atoms. The molecule has 1 aromatic rings. The van der Waals surface area contributed by atoms with Crippen LogP contribution in [0.1, 0.15) is 30.9 Å². The number of anilines is 1. The van der Waals surface area contributed by atoms with Crippen molar-refractivity contribution in [1.82, 2.24) is 5.32 Å².